The number of rotatable bonds is 2. The van der Waals surface area contributed by atoms with Crippen LogP contribution in [0.4, 0.5) is 0 Å². The van der Waals surface area contributed by atoms with Crippen molar-refractivity contribution in [3.8, 4) is 6.07 Å². The van der Waals surface area contributed by atoms with Crippen LogP contribution in [0.2, 0.25) is 0 Å². The highest BCUT2D eigenvalue weighted by atomic mass is 16.1. The summed E-state index contributed by atoms with van der Waals surface area (Å²) in [5.74, 6) is -0.710. The first kappa shape index (κ1) is 9.47. The molecular weight excluding hydrogens is 162 g/mol. The molecule has 1 rings (SSSR count). The third-order valence-corrected chi connectivity index (χ3v) is 2.04. The van der Waals surface area contributed by atoms with Crippen molar-refractivity contribution >= 4 is 5.78 Å². The maximum absolute atomic E-state index is 11.1. The summed E-state index contributed by atoms with van der Waals surface area (Å²) < 4.78 is 0. The van der Waals surface area contributed by atoms with Crippen molar-refractivity contribution in [3.63, 3.8) is 0 Å². The van der Waals surface area contributed by atoms with Crippen LogP contribution in [0.25, 0.3) is 0 Å². The van der Waals surface area contributed by atoms with Gasteiger partial charge in [-0.1, -0.05) is 24.3 Å². The summed E-state index contributed by atoms with van der Waals surface area (Å²) >= 11 is 0. The van der Waals surface area contributed by atoms with Gasteiger partial charge in [-0.25, -0.2) is 0 Å². The number of aryl methyl sites for hydroxylation is 1. The average molecular weight is 173 g/mol. The Kier molecular flexibility index (Phi) is 2.81. The Labute approximate surface area is 77.8 Å². The molecule has 13 heavy (non-hydrogen) atoms. The molecule has 2 nitrogen and oxygen atoms in total. The summed E-state index contributed by atoms with van der Waals surface area (Å²) in [4.78, 5) is 11.1. The van der Waals surface area contributed by atoms with Crippen LogP contribution in [0, 0.1) is 18.3 Å². The Morgan fingerprint density at radius 3 is 2.54 bits per heavy atom. The van der Waals surface area contributed by atoms with Crippen LogP contribution in [0.5, 0.6) is 0 Å². The minimum absolute atomic E-state index is 0.100. The molecule has 66 valence electrons. The molecule has 0 saturated heterocycles. The fourth-order valence-electron chi connectivity index (χ4n) is 1.29. The molecule has 0 fully saturated rings. The van der Waals surface area contributed by atoms with Crippen molar-refractivity contribution in [1.29, 1.82) is 5.26 Å². The van der Waals surface area contributed by atoms with Crippen LogP contribution < -0.4 is 0 Å². The lowest BCUT2D eigenvalue weighted by Crippen LogP contribution is -2.07. The number of nitrogens with zero attached hydrogens (tertiary/aromatic N) is 1. The van der Waals surface area contributed by atoms with Gasteiger partial charge in [-0.15, -0.1) is 0 Å². The number of benzene rings is 1. The Morgan fingerprint density at radius 2 is 2.08 bits per heavy atom. The highest BCUT2D eigenvalue weighted by molar-refractivity contribution is 5.86. The van der Waals surface area contributed by atoms with Crippen LogP contribution in [0.15, 0.2) is 24.3 Å². The first-order chi connectivity index (χ1) is 6.16. The number of ketones is 1. The second-order valence-corrected chi connectivity index (χ2v) is 3.03. The third kappa shape index (κ3) is 1.94. The van der Waals surface area contributed by atoms with Gasteiger partial charge >= 0.3 is 0 Å². The average Bonchev–Trinajstić information content (AvgIpc) is 2.09. The molecule has 0 N–H and O–H groups in total. The quantitative estimate of drug-likeness (QED) is 0.687. The van der Waals surface area contributed by atoms with Crippen LogP contribution in [0.1, 0.15) is 24.0 Å². The zero-order valence-electron chi connectivity index (χ0n) is 7.74. The Bertz CT molecular complexity index is 363. The molecule has 1 aromatic rings. The lowest BCUT2D eigenvalue weighted by molar-refractivity contribution is -0.117. The molecule has 0 radical (unpaired) electrons. The molecule has 0 aliphatic heterocycles. The number of hydrogen-bond acceptors (Lipinski definition) is 2. The Morgan fingerprint density at radius 1 is 1.46 bits per heavy atom. The normalized spacial score (nSPS) is 11.8. The van der Waals surface area contributed by atoms with E-state index in [0.717, 1.165) is 11.1 Å². The fourth-order valence-corrected chi connectivity index (χ4v) is 1.29. The smallest absolute Gasteiger partial charge is 0.151 e. The first-order valence-electron chi connectivity index (χ1n) is 4.12. The van der Waals surface area contributed by atoms with Gasteiger partial charge in [0.15, 0.2) is 5.78 Å². The van der Waals surface area contributed by atoms with E-state index in [2.05, 4.69) is 0 Å². The summed E-state index contributed by atoms with van der Waals surface area (Å²) in [6, 6.07) is 9.48. The molecule has 1 atom stereocenters. The van der Waals surface area contributed by atoms with E-state index in [1.165, 1.54) is 6.92 Å². The molecule has 1 aromatic carbocycles. The maximum Gasteiger partial charge on any atom is 0.151 e. The second-order valence-electron chi connectivity index (χ2n) is 3.03. The largest absolute Gasteiger partial charge is 0.298 e. The van der Waals surface area contributed by atoms with Gasteiger partial charge in [0.25, 0.3) is 0 Å². The second kappa shape index (κ2) is 3.86. The SMILES string of the molecule is CC(=O)[C@H](C#N)c1ccccc1C. The van der Waals surface area contributed by atoms with Crippen LogP contribution >= 0.6 is 0 Å². The number of nitriles is 1. The van der Waals surface area contributed by atoms with Gasteiger partial charge in [0, 0.05) is 0 Å². The van der Waals surface area contributed by atoms with Crippen LogP contribution in [-0.4, -0.2) is 5.78 Å². The zero-order valence-corrected chi connectivity index (χ0v) is 7.74. The number of Topliss-reactive ketones (excluding diaryl/α,β-unsaturated/α-hetero) is 1. The van der Waals surface area contributed by atoms with Crippen molar-refractivity contribution in [2.45, 2.75) is 19.8 Å². The van der Waals surface area contributed by atoms with Gasteiger partial charge in [0.2, 0.25) is 0 Å². The summed E-state index contributed by atoms with van der Waals surface area (Å²) in [5.41, 5.74) is 1.81. The highest BCUT2D eigenvalue weighted by Crippen LogP contribution is 2.19. The maximum atomic E-state index is 11.1. The fraction of sp³-hybridized carbons (Fsp3) is 0.273. The van der Waals surface area contributed by atoms with E-state index in [-0.39, 0.29) is 5.78 Å². The van der Waals surface area contributed by atoms with Crippen molar-refractivity contribution < 1.29 is 4.79 Å². The van der Waals surface area contributed by atoms with Gasteiger partial charge in [0.1, 0.15) is 5.92 Å². The summed E-state index contributed by atoms with van der Waals surface area (Å²) in [5, 5.41) is 8.80. The van der Waals surface area contributed by atoms with E-state index in [9.17, 15) is 4.79 Å². The minimum Gasteiger partial charge on any atom is -0.298 e. The van der Waals surface area contributed by atoms with E-state index in [1.807, 2.05) is 37.3 Å². The molecule has 0 unspecified atom stereocenters. The number of hydrogen-bond donors (Lipinski definition) is 0. The van der Waals surface area contributed by atoms with Crippen LogP contribution in [0.3, 0.4) is 0 Å². The molecule has 0 amide bonds. The van der Waals surface area contributed by atoms with E-state index in [0.29, 0.717) is 0 Å². The minimum atomic E-state index is -0.610. The van der Waals surface area contributed by atoms with Gasteiger partial charge in [0.05, 0.1) is 6.07 Å². The Balaban J connectivity index is 3.14. The van der Waals surface area contributed by atoms with Crippen molar-refractivity contribution in [1.82, 2.24) is 0 Å². The van der Waals surface area contributed by atoms with Crippen molar-refractivity contribution in [2.24, 2.45) is 0 Å². The molecule has 0 saturated carbocycles. The van der Waals surface area contributed by atoms with Gasteiger partial charge in [-0.2, -0.15) is 5.26 Å². The highest BCUT2D eigenvalue weighted by Gasteiger charge is 2.16. The van der Waals surface area contributed by atoms with E-state index in [4.69, 9.17) is 5.26 Å². The Hall–Kier alpha value is -1.62. The molecule has 2 heteroatoms. The monoisotopic (exact) mass is 173 g/mol. The predicted molar refractivity (Wildman–Crippen MR) is 50.2 cm³/mol. The zero-order chi connectivity index (χ0) is 9.84. The molecule has 0 bridgehead atoms. The molecular formula is C11H11NO. The number of carbonyl (C=O) groups excluding carboxylic acids is 1. The van der Waals surface area contributed by atoms with Crippen molar-refractivity contribution in [3.05, 3.63) is 35.4 Å². The van der Waals surface area contributed by atoms with Crippen molar-refractivity contribution in [2.75, 3.05) is 0 Å². The topological polar surface area (TPSA) is 40.9 Å². The van der Waals surface area contributed by atoms with E-state index >= 15 is 0 Å². The van der Waals surface area contributed by atoms with E-state index < -0.39 is 5.92 Å². The lowest BCUT2D eigenvalue weighted by Gasteiger charge is -2.07. The third-order valence-electron chi connectivity index (χ3n) is 2.04. The van der Waals surface area contributed by atoms with Gasteiger partial charge < -0.3 is 0 Å². The standard InChI is InChI=1S/C11H11NO/c1-8-5-3-4-6-10(8)11(7-12)9(2)13/h3-6,11H,1-2H3/t11-/m0/s1. The summed E-state index contributed by atoms with van der Waals surface area (Å²) in [6.07, 6.45) is 0. The van der Waals surface area contributed by atoms with Crippen LogP contribution in [-0.2, 0) is 4.79 Å². The molecule has 0 heterocycles. The molecule has 0 spiro atoms. The van der Waals surface area contributed by atoms with Gasteiger partial charge in [-0.05, 0) is 25.0 Å². The number of carbonyl (C=O) groups is 1. The predicted octanol–water partition coefficient (Wildman–Crippen LogP) is 2.19. The summed E-state index contributed by atoms with van der Waals surface area (Å²) in [6.45, 7) is 3.35. The summed E-state index contributed by atoms with van der Waals surface area (Å²) in [7, 11) is 0. The molecule has 0 aliphatic carbocycles. The molecule has 0 aromatic heterocycles. The van der Waals surface area contributed by atoms with Gasteiger partial charge in [-0.3, -0.25) is 4.79 Å². The first-order valence-corrected chi connectivity index (χ1v) is 4.12. The lowest BCUT2D eigenvalue weighted by atomic mass is 9.93. The van der Waals surface area contributed by atoms with E-state index in [1.54, 1.807) is 0 Å². The molecule has 0 aliphatic rings.